The van der Waals surface area contributed by atoms with Crippen LogP contribution in [0.1, 0.15) is 40.0 Å². The lowest BCUT2D eigenvalue weighted by Gasteiger charge is -2.24. The first-order chi connectivity index (χ1) is 6.72. The van der Waals surface area contributed by atoms with Gasteiger partial charge in [0.05, 0.1) is 0 Å². The van der Waals surface area contributed by atoms with Crippen molar-refractivity contribution in [1.82, 2.24) is 4.90 Å². The van der Waals surface area contributed by atoms with Crippen molar-refractivity contribution in [3.63, 3.8) is 0 Å². The fourth-order valence-electron chi connectivity index (χ4n) is 1.28. The molecule has 0 bridgehead atoms. The predicted molar refractivity (Wildman–Crippen MR) is 61.2 cm³/mol. The van der Waals surface area contributed by atoms with Gasteiger partial charge < -0.3 is 10.5 Å². The van der Waals surface area contributed by atoms with E-state index in [9.17, 15) is 0 Å². The number of nitrogens with zero attached hydrogens (tertiary/aromatic N) is 1. The third-order valence-electron chi connectivity index (χ3n) is 2.34. The Kier molecular flexibility index (Phi) is 9.35. The van der Waals surface area contributed by atoms with Gasteiger partial charge in [0.15, 0.2) is 0 Å². The average Bonchev–Trinajstić information content (AvgIpc) is 2.16. The Labute approximate surface area is 88.6 Å². The lowest BCUT2D eigenvalue weighted by atomic mass is 10.3. The molecule has 3 heteroatoms. The molecule has 0 aliphatic carbocycles. The molecule has 2 N–H and O–H groups in total. The van der Waals surface area contributed by atoms with Crippen LogP contribution in [0, 0.1) is 0 Å². The molecule has 0 aliphatic heterocycles. The SMILES string of the molecule is CCCCOCCCN(CN)C(C)C. The summed E-state index contributed by atoms with van der Waals surface area (Å²) in [6.45, 7) is 9.98. The zero-order chi connectivity index (χ0) is 10.8. The number of rotatable bonds is 9. The van der Waals surface area contributed by atoms with E-state index >= 15 is 0 Å². The van der Waals surface area contributed by atoms with Crippen LogP contribution in [0.2, 0.25) is 0 Å². The maximum Gasteiger partial charge on any atom is 0.0478 e. The Morgan fingerprint density at radius 1 is 1.21 bits per heavy atom. The highest BCUT2D eigenvalue weighted by Gasteiger charge is 2.05. The topological polar surface area (TPSA) is 38.5 Å². The summed E-state index contributed by atoms with van der Waals surface area (Å²) in [5.41, 5.74) is 5.62. The molecule has 0 atom stereocenters. The van der Waals surface area contributed by atoms with Gasteiger partial charge in [0.2, 0.25) is 0 Å². The fraction of sp³-hybridized carbons (Fsp3) is 1.00. The van der Waals surface area contributed by atoms with Crippen LogP contribution < -0.4 is 5.73 Å². The molecule has 14 heavy (non-hydrogen) atoms. The molecular weight excluding hydrogens is 176 g/mol. The van der Waals surface area contributed by atoms with E-state index in [-0.39, 0.29) is 0 Å². The molecule has 0 saturated carbocycles. The molecule has 0 unspecified atom stereocenters. The Balaban J connectivity index is 3.25. The molecule has 0 saturated heterocycles. The van der Waals surface area contributed by atoms with Crippen LogP contribution in [0.3, 0.4) is 0 Å². The minimum Gasteiger partial charge on any atom is -0.381 e. The molecule has 0 amide bonds. The summed E-state index contributed by atoms with van der Waals surface area (Å²) in [6.07, 6.45) is 3.46. The Morgan fingerprint density at radius 2 is 1.86 bits per heavy atom. The van der Waals surface area contributed by atoms with E-state index in [1.54, 1.807) is 0 Å². The number of ether oxygens (including phenoxy) is 1. The summed E-state index contributed by atoms with van der Waals surface area (Å²) in [6, 6.07) is 0.538. The van der Waals surface area contributed by atoms with Crippen LogP contribution in [0.25, 0.3) is 0 Å². The van der Waals surface area contributed by atoms with Crippen molar-refractivity contribution in [3.05, 3.63) is 0 Å². The Hall–Kier alpha value is -0.120. The van der Waals surface area contributed by atoms with Crippen LogP contribution in [0.15, 0.2) is 0 Å². The Bertz CT molecular complexity index is 118. The van der Waals surface area contributed by atoms with Gasteiger partial charge >= 0.3 is 0 Å². The maximum atomic E-state index is 5.62. The molecular formula is C11H26N2O. The lowest BCUT2D eigenvalue weighted by molar-refractivity contribution is 0.113. The molecule has 0 spiro atoms. The first kappa shape index (κ1) is 13.9. The van der Waals surface area contributed by atoms with Crippen molar-refractivity contribution in [2.75, 3.05) is 26.4 Å². The zero-order valence-electron chi connectivity index (χ0n) is 9.96. The van der Waals surface area contributed by atoms with Gasteiger partial charge in [-0.05, 0) is 26.7 Å². The van der Waals surface area contributed by atoms with Gasteiger partial charge in [0, 0.05) is 32.5 Å². The number of hydrogen-bond acceptors (Lipinski definition) is 3. The number of unbranched alkanes of at least 4 members (excludes halogenated alkanes) is 1. The third-order valence-corrected chi connectivity index (χ3v) is 2.34. The van der Waals surface area contributed by atoms with Gasteiger partial charge in [0.25, 0.3) is 0 Å². The van der Waals surface area contributed by atoms with Crippen LogP contribution in [0.4, 0.5) is 0 Å². The second-order valence-corrected chi connectivity index (χ2v) is 3.91. The van der Waals surface area contributed by atoms with Crippen molar-refractivity contribution in [2.24, 2.45) is 5.73 Å². The van der Waals surface area contributed by atoms with Gasteiger partial charge in [-0.15, -0.1) is 0 Å². The van der Waals surface area contributed by atoms with E-state index in [2.05, 4.69) is 25.7 Å². The van der Waals surface area contributed by atoms with Gasteiger partial charge in [-0.3, -0.25) is 4.90 Å². The minimum absolute atomic E-state index is 0.538. The molecule has 0 fully saturated rings. The highest BCUT2D eigenvalue weighted by Crippen LogP contribution is 1.97. The first-order valence-corrected chi connectivity index (χ1v) is 5.74. The third kappa shape index (κ3) is 7.30. The zero-order valence-corrected chi connectivity index (χ0v) is 9.96. The summed E-state index contributed by atoms with van der Waals surface area (Å²) >= 11 is 0. The molecule has 0 heterocycles. The van der Waals surface area contributed by atoms with Crippen LogP contribution >= 0.6 is 0 Å². The summed E-state index contributed by atoms with van der Waals surface area (Å²) < 4.78 is 5.48. The second-order valence-electron chi connectivity index (χ2n) is 3.91. The smallest absolute Gasteiger partial charge is 0.0478 e. The highest BCUT2D eigenvalue weighted by atomic mass is 16.5. The van der Waals surface area contributed by atoms with E-state index < -0.39 is 0 Å². The van der Waals surface area contributed by atoms with E-state index in [1.165, 1.54) is 12.8 Å². The lowest BCUT2D eigenvalue weighted by Crippen LogP contribution is -2.37. The molecule has 0 aliphatic rings. The summed E-state index contributed by atoms with van der Waals surface area (Å²) in [4.78, 5) is 2.25. The predicted octanol–water partition coefficient (Wildman–Crippen LogP) is 1.82. The molecule has 0 aromatic carbocycles. The molecule has 0 radical (unpaired) electrons. The Morgan fingerprint density at radius 3 is 2.36 bits per heavy atom. The van der Waals surface area contributed by atoms with Gasteiger partial charge in [0.1, 0.15) is 0 Å². The van der Waals surface area contributed by atoms with Crippen LogP contribution in [-0.2, 0) is 4.74 Å². The van der Waals surface area contributed by atoms with Crippen molar-refractivity contribution < 1.29 is 4.74 Å². The van der Waals surface area contributed by atoms with Gasteiger partial charge in [-0.2, -0.15) is 0 Å². The monoisotopic (exact) mass is 202 g/mol. The number of nitrogens with two attached hydrogens (primary N) is 1. The van der Waals surface area contributed by atoms with Crippen LogP contribution in [0.5, 0.6) is 0 Å². The average molecular weight is 202 g/mol. The largest absolute Gasteiger partial charge is 0.381 e. The summed E-state index contributed by atoms with van der Waals surface area (Å²) in [5, 5.41) is 0. The number of hydrogen-bond donors (Lipinski definition) is 1. The van der Waals surface area contributed by atoms with E-state index in [4.69, 9.17) is 10.5 Å². The van der Waals surface area contributed by atoms with E-state index in [1.807, 2.05) is 0 Å². The standard InChI is InChI=1S/C11H26N2O/c1-4-5-8-14-9-6-7-13(10-12)11(2)3/h11H,4-10,12H2,1-3H3. The van der Waals surface area contributed by atoms with E-state index in [0.29, 0.717) is 12.7 Å². The van der Waals surface area contributed by atoms with Crippen molar-refractivity contribution in [1.29, 1.82) is 0 Å². The fourth-order valence-corrected chi connectivity index (χ4v) is 1.28. The minimum atomic E-state index is 0.538. The van der Waals surface area contributed by atoms with Crippen molar-refractivity contribution in [2.45, 2.75) is 46.1 Å². The second kappa shape index (κ2) is 9.44. The molecule has 0 aromatic rings. The van der Waals surface area contributed by atoms with Gasteiger partial charge in [-0.25, -0.2) is 0 Å². The molecule has 0 aromatic heterocycles. The van der Waals surface area contributed by atoms with Crippen molar-refractivity contribution in [3.8, 4) is 0 Å². The summed E-state index contributed by atoms with van der Waals surface area (Å²) in [7, 11) is 0. The summed E-state index contributed by atoms with van der Waals surface area (Å²) in [5.74, 6) is 0. The highest BCUT2D eigenvalue weighted by molar-refractivity contribution is 4.59. The first-order valence-electron chi connectivity index (χ1n) is 5.74. The molecule has 0 rings (SSSR count). The quantitative estimate of drug-likeness (QED) is 0.458. The van der Waals surface area contributed by atoms with E-state index in [0.717, 1.165) is 26.2 Å². The molecule has 3 nitrogen and oxygen atoms in total. The van der Waals surface area contributed by atoms with Gasteiger partial charge in [-0.1, -0.05) is 13.3 Å². The normalized spacial score (nSPS) is 11.6. The van der Waals surface area contributed by atoms with Crippen LogP contribution in [-0.4, -0.2) is 37.4 Å². The van der Waals surface area contributed by atoms with Crippen molar-refractivity contribution >= 4 is 0 Å². The molecule has 86 valence electrons. The maximum absolute atomic E-state index is 5.62.